The predicted molar refractivity (Wildman–Crippen MR) is 92.4 cm³/mol. The fourth-order valence-corrected chi connectivity index (χ4v) is 3.32. The van der Waals surface area contributed by atoms with Crippen molar-refractivity contribution in [1.29, 1.82) is 0 Å². The Bertz CT molecular complexity index is 885. The molecule has 1 aliphatic rings. The summed E-state index contributed by atoms with van der Waals surface area (Å²) in [6, 6.07) is 4.41. The summed E-state index contributed by atoms with van der Waals surface area (Å²) in [7, 11) is 0. The number of carbonyl (C=O) groups excluding carboxylic acids is 1. The van der Waals surface area contributed by atoms with Crippen LogP contribution in [0.15, 0.2) is 29.1 Å². The molecule has 2 aromatic rings. The van der Waals surface area contributed by atoms with Gasteiger partial charge in [-0.05, 0) is 31.4 Å². The summed E-state index contributed by atoms with van der Waals surface area (Å²) in [5.74, 6) is -0.100. The number of aromatic nitrogens is 3. The van der Waals surface area contributed by atoms with Gasteiger partial charge in [-0.3, -0.25) is 9.36 Å². The highest BCUT2D eigenvalue weighted by Gasteiger charge is 2.35. The quantitative estimate of drug-likeness (QED) is 0.884. The second-order valence-electron chi connectivity index (χ2n) is 6.61. The molecule has 1 amide bonds. The summed E-state index contributed by atoms with van der Waals surface area (Å²) in [6.45, 7) is 2.89. The minimum Gasteiger partial charge on any atom is -0.349 e. The third kappa shape index (κ3) is 4.06. The van der Waals surface area contributed by atoms with Crippen molar-refractivity contribution < 1.29 is 18.0 Å². The monoisotopic (exact) mass is 382 g/mol. The molecular weight excluding hydrogens is 361 g/mol. The summed E-state index contributed by atoms with van der Waals surface area (Å²) >= 11 is 0. The van der Waals surface area contributed by atoms with E-state index in [9.17, 15) is 22.8 Å². The Balaban J connectivity index is 1.72. The molecule has 0 bridgehead atoms. The van der Waals surface area contributed by atoms with E-state index < -0.39 is 23.2 Å². The lowest BCUT2D eigenvalue weighted by Crippen LogP contribution is -2.36. The number of amides is 1. The summed E-state index contributed by atoms with van der Waals surface area (Å²) in [6.07, 6.45) is -2.33. The lowest BCUT2D eigenvalue weighted by atomic mass is 10.0. The van der Waals surface area contributed by atoms with E-state index in [4.69, 9.17) is 0 Å². The molecule has 1 aromatic carbocycles. The van der Waals surface area contributed by atoms with Gasteiger partial charge in [0.15, 0.2) is 0 Å². The number of hydrogen-bond donors (Lipinski definition) is 1. The molecule has 1 N–H and O–H groups in total. The summed E-state index contributed by atoms with van der Waals surface area (Å²) in [4.78, 5) is 24.7. The van der Waals surface area contributed by atoms with Gasteiger partial charge in [0.2, 0.25) is 0 Å². The van der Waals surface area contributed by atoms with E-state index in [1.807, 2.05) is 6.92 Å². The van der Waals surface area contributed by atoms with Crippen LogP contribution in [0, 0.1) is 0 Å². The maximum atomic E-state index is 13.1. The molecule has 146 valence electrons. The molecule has 0 radical (unpaired) electrons. The molecule has 3 rings (SSSR count). The highest BCUT2D eigenvalue weighted by Crippen LogP contribution is 2.31. The minimum atomic E-state index is -4.59. The Kier molecular flexibility index (Phi) is 5.38. The van der Waals surface area contributed by atoms with Crippen LogP contribution in [-0.4, -0.2) is 26.3 Å². The van der Waals surface area contributed by atoms with Crippen LogP contribution in [0.4, 0.5) is 13.2 Å². The van der Waals surface area contributed by atoms with Gasteiger partial charge in [-0.15, -0.1) is 0 Å². The third-order valence-corrected chi connectivity index (χ3v) is 4.66. The van der Waals surface area contributed by atoms with Crippen molar-refractivity contribution >= 4 is 5.91 Å². The second-order valence-corrected chi connectivity index (χ2v) is 6.61. The van der Waals surface area contributed by atoms with Gasteiger partial charge in [0.25, 0.3) is 5.91 Å². The van der Waals surface area contributed by atoms with Crippen LogP contribution >= 0.6 is 0 Å². The summed E-state index contributed by atoms with van der Waals surface area (Å²) < 4.78 is 42.3. The number of nitrogens with one attached hydrogen (secondary N) is 1. The second kappa shape index (κ2) is 7.58. The van der Waals surface area contributed by atoms with Crippen molar-refractivity contribution in [3.63, 3.8) is 0 Å². The molecule has 0 spiro atoms. The average molecular weight is 382 g/mol. The maximum Gasteiger partial charge on any atom is 0.417 e. The molecule has 6 nitrogen and oxygen atoms in total. The number of nitrogens with zero attached hydrogens (tertiary/aromatic N) is 3. The molecule has 2 heterocycles. The van der Waals surface area contributed by atoms with E-state index in [2.05, 4.69) is 10.4 Å². The van der Waals surface area contributed by atoms with Crippen LogP contribution in [0.1, 0.15) is 47.9 Å². The third-order valence-electron chi connectivity index (χ3n) is 4.66. The van der Waals surface area contributed by atoms with Gasteiger partial charge in [0.1, 0.15) is 5.82 Å². The molecule has 0 fully saturated rings. The van der Waals surface area contributed by atoms with Gasteiger partial charge in [-0.2, -0.15) is 18.3 Å². The first kappa shape index (κ1) is 19.2. The van der Waals surface area contributed by atoms with Gasteiger partial charge < -0.3 is 5.32 Å². The summed E-state index contributed by atoms with van der Waals surface area (Å²) in [5, 5.41) is 7.01. The number of benzene rings is 1. The zero-order valence-corrected chi connectivity index (χ0v) is 14.9. The summed E-state index contributed by atoms with van der Waals surface area (Å²) in [5.41, 5.74) is -1.52. The Hall–Kier alpha value is -2.58. The fraction of sp³-hybridized carbons (Fsp3) is 0.500. The van der Waals surface area contributed by atoms with Gasteiger partial charge in [0, 0.05) is 25.6 Å². The molecule has 0 aliphatic carbocycles. The Morgan fingerprint density at radius 1 is 1.30 bits per heavy atom. The number of carbonyl (C=O) groups is 1. The van der Waals surface area contributed by atoms with E-state index in [-0.39, 0.29) is 11.7 Å². The van der Waals surface area contributed by atoms with Gasteiger partial charge in [0.05, 0.1) is 11.1 Å². The molecule has 0 saturated carbocycles. The number of rotatable bonds is 4. The molecule has 1 aromatic heterocycles. The van der Waals surface area contributed by atoms with Crippen molar-refractivity contribution in [2.45, 2.75) is 57.9 Å². The van der Waals surface area contributed by atoms with E-state index in [1.165, 1.54) is 22.9 Å². The molecule has 1 unspecified atom stereocenters. The first-order chi connectivity index (χ1) is 12.8. The zero-order chi connectivity index (χ0) is 19.6. The Morgan fingerprint density at radius 2 is 2.04 bits per heavy atom. The molecular formula is C18H21F3N4O2. The van der Waals surface area contributed by atoms with Crippen LogP contribution < -0.4 is 11.0 Å². The van der Waals surface area contributed by atoms with Crippen molar-refractivity contribution in [2.24, 2.45) is 0 Å². The van der Waals surface area contributed by atoms with Crippen molar-refractivity contribution in [2.75, 3.05) is 0 Å². The number of halogens is 3. The van der Waals surface area contributed by atoms with Crippen LogP contribution in [0.5, 0.6) is 0 Å². The molecule has 1 atom stereocenters. The lowest BCUT2D eigenvalue weighted by molar-refractivity contribution is -0.137. The largest absolute Gasteiger partial charge is 0.417 e. The van der Waals surface area contributed by atoms with Crippen molar-refractivity contribution in [3.8, 4) is 0 Å². The zero-order valence-electron chi connectivity index (χ0n) is 14.9. The van der Waals surface area contributed by atoms with E-state index in [0.29, 0.717) is 38.2 Å². The maximum absolute atomic E-state index is 13.1. The number of aryl methyl sites for hydroxylation is 2. The van der Waals surface area contributed by atoms with Crippen molar-refractivity contribution in [3.05, 3.63) is 51.7 Å². The fourth-order valence-electron chi connectivity index (χ4n) is 3.32. The van der Waals surface area contributed by atoms with E-state index >= 15 is 0 Å². The van der Waals surface area contributed by atoms with E-state index in [0.717, 1.165) is 12.5 Å². The molecule has 0 saturated heterocycles. The predicted octanol–water partition coefficient (Wildman–Crippen LogP) is 2.61. The minimum absolute atomic E-state index is 0.179. The average Bonchev–Trinajstić information content (AvgIpc) is 2.78. The van der Waals surface area contributed by atoms with Crippen LogP contribution in [0.3, 0.4) is 0 Å². The number of hydrogen-bond acceptors (Lipinski definition) is 3. The SMILES string of the molecule is CCCn1nc2n(c1=O)CCC(NC(=O)c1ccccc1C(F)(F)F)CC2. The van der Waals surface area contributed by atoms with Gasteiger partial charge in [-0.25, -0.2) is 9.48 Å². The highest BCUT2D eigenvalue weighted by atomic mass is 19.4. The van der Waals surface area contributed by atoms with Gasteiger partial charge >= 0.3 is 11.9 Å². The first-order valence-electron chi connectivity index (χ1n) is 8.95. The normalized spacial score (nSPS) is 17.3. The smallest absolute Gasteiger partial charge is 0.349 e. The lowest BCUT2D eigenvalue weighted by Gasteiger charge is -2.18. The molecule has 27 heavy (non-hydrogen) atoms. The van der Waals surface area contributed by atoms with Crippen LogP contribution in [-0.2, 0) is 25.7 Å². The number of fused-ring (bicyclic) bond motifs is 1. The topological polar surface area (TPSA) is 68.9 Å². The van der Waals surface area contributed by atoms with Crippen molar-refractivity contribution in [1.82, 2.24) is 19.7 Å². The van der Waals surface area contributed by atoms with Crippen LogP contribution in [0.25, 0.3) is 0 Å². The number of alkyl halides is 3. The van der Waals surface area contributed by atoms with Crippen LogP contribution in [0.2, 0.25) is 0 Å². The molecule has 9 heteroatoms. The first-order valence-corrected chi connectivity index (χ1v) is 8.95. The standard InChI is InChI=1S/C18H21F3N4O2/c1-2-10-25-17(27)24-11-9-12(7-8-15(24)23-25)22-16(26)13-5-3-4-6-14(13)18(19,20)21/h3-6,12H,2,7-11H2,1H3,(H,22,26). The molecule has 1 aliphatic heterocycles. The van der Waals surface area contributed by atoms with Gasteiger partial charge in [-0.1, -0.05) is 19.1 Å². The highest BCUT2D eigenvalue weighted by molar-refractivity contribution is 5.96. The van der Waals surface area contributed by atoms with E-state index in [1.54, 1.807) is 4.57 Å². The Labute approximate surface area is 154 Å². The Morgan fingerprint density at radius 3 is 2.74 bits per heavy atom.